The third kappa shape index (κ3) is 3.29. The highest BCUT2D eigenvalue weighted by Gasteiger charge is 2.40. The summed E-state index contributed by atoms with van der Waals surface area (Å²) in [5, 5.41) is 12.1. The molecule has 2 N–H and O–H groups in total. The Bertz CT molecular complexity index is 504. The first kappa shape index (κ1) is 15.2. The summed E-state index contributed by atoms with van der Waals surface area (Å²) in [5.41, 5.74) is 0. The van der Waals surface area contributed by atoms with Crippen LogP contribution in [0.4, 0.5) is 0 Å². The molecular formula is C12H20N2O5S. The van der Waals surface area contributed by atoms with Gasteiger partial charge in [-0.2, -0.15) is 0 Å². The van der Waals surface area contributed by atoms with Gasteiger partial charge < -0.3 is 15.3 Å². The molecule has 1 unspecified atom stereocenters. The number of hydrogen-bond donors (Lipinski definition) is 2. The first-order chi connectivity index (χ1) is 9.30. The Hall–Kier alpha value is -1.15. The fraction of sp³-hybridized carbons (Fsp3) is 0.833. The first-order valence-corrected chi connectivity index (χ1v) is 8.55. The second-order valence-electron chi connectivity index (χ2n) is 5.66. The van der Waals surface area contributed by atoms with Crippen molar-refractivity contribution >= 4 is 21.7 Å². The van der Waals surface area contributed by atoms with Crippen LogP contribution in [0.2, 0.25) is 0 Å². The van der Waals surface area contributed by atoms with Crippen molar-refractivity contribution in [2.24, 2.45) is 11.8 Å². The third-order valence-corrected chi connectivity index (χ3v) is 5.82. The highest BCUT2D eigenvalue weighted by atomic mass is 32.2. The Morgan fingerprint density at radius 1 is 1.35 bits per heavy atom. The van der Waals surface area contributed by atoms with Crippen molar-refractivity contribution in [1.29, 1.82) is 0 Å². The van der Waals surface area contributed by atoms with E-state index in [1.165, 1.54) is 4.90 Å². The first-order valence-electron chi connectivity index (χ1n) is 6.73. The maximum Gasteiger partial charge on any atom is 0.323 e. The Morgan fingerprint density at radius 2 is 2.05 bits per heavy atom. The van der Waals surface area contributed by atoms with Crippen LogP contribution in [-0.4, -0.2) is 67.5 Å². The van der Waals surface area contributed by atoms with Crippen LogP contribution >= 0.6 is 0 Å². The summed E-state index contributed by atoms with van der Waals surface area (Å²) in [6.45, 7) is 2.75. The number of nitrogens with one attached hydrogen (secondary N) is 1. The molecule has 7 nitrogen and oxygen atoms in total. The van der Waals surface area contributed by atoms with E-state index in [0.29, 0.717) is 13.0 Å². The van der Waals surface area contributed by atoms with Crippen LogP contribution in [0.25, 0.3) is 0 Å². The molecule has 0 aromatic carbocycles. The molecule has 0 saturated carbocycles. The van der Waals surface area contributed by atoms with E-state index in [0.717, 1.165) is 6.54 Å². The number of amides is 1. The number of rotatable bonds is 4. The summed E-state index contributed by atoms with van der Waals surface area (Å²) >= 11 is 0. The van der Waals surface area contributed by atoms with Crippen LogP contribution in [-0.2, 0) is 19.4 Å². The molecule has 0 spiro atoms. The molecule has 2 aliphatic rings. The fourth-order valence-corrected chi connectivity index (χ4v) is 4.64. The predicted octanol–water partition coefficient (Wildman–Crippen LogP) is -1.06. The van der Waals surface area contributed by atoms with Crippen molar-refractivity contribution in [3.8, 4) is 0 Å². The Labute approximate surface area is 118 Å². The van der Waals surface area contributed by atoms with Crippen molar-refractivity contribution in [3.05, 3.63) is 0 Å². The predicted molar refractivity (Wildman–Crippen MR) is 71.9 cm³/mol. The quantitative estimate of drug-likeness (QED) is 0.686. The number of nitrogens with zero attached hydrogens (tertiary/aromatic N) is 1. The lowest BCUT2D eigenvalue weighted by molar-refractivity contribution is -0.148. The van der Waals surface area contributed by atoms with Gasteiger partial charge in [0.1, 0.15) is 6.54 Å². The van der Waals surface area contributed by atoms with Gasteiger partial charge in [-0.1, -0.05) is 6.92 Å². The lowest BCUT2D eigenvalue weighted by Crippen LogP contribution is -2.48. The lowest BCUT2D eigenvalue weighted by atomic mass is 9.96. The van der Waals surface area contributed by atoms with Gasteiger partial charge in [-0.15, -0.1) is 0 Å². The molecule has 0 aromatic rings. The molecule has 2 aliphatic heterocycles. The monoisotopic (exact) mass is 304 g/mol. The van der Waals surface area contributed by atoms with E-state index < -0.39 is 28.4 Å². The smallest absolute Gasteiger partial charge is 0.323 e. The van der Waals surface area contributed by atoms with Gasteiger partial charge in [0.15, 0.2) is 9.84 Å². The van der Waals surface area contributed by atoms with E-state index in [1.807, 2.05) is 6.92 Å². The maximum absolute atomic E-state index is 12.5. The average Bonchev–Trinajstić information content (AvgIpc) is 2.91. The van der Waals surface area contributed by atoms with Crippen molar-refractivity contribution < 1.29 is 23.1 Å². The van der Waals surface area contributed by atoms with Crippen LogP contribution in [0.3, 0.4) is 0 Å². The minimum absolute atomic E-state index is 0.0273. The van der Waals surface area contributed by atoms with Crippen molar-refractivity contribution in [2.75, 3.05) is 31.1 Å². The molecule has 2 rings (SSSR count). The van der Waals surface area contributed by atoms with Crippen LogP contribution in [0.5, 0.6) is 0 Å². The molecule has 0 aliphatic carbocycles. The largest absolute Gasteiger partial charge is 0.480 e. The maximum atomic E-state index is 12.5. The summed E-state index contributed by atoms with van der Waals surface area (Å²) in [6, 6.07) is -0.503. The highest BCUT2D eigenvalue weighted by molar-refractivity contribution is 7.91. The normalized spacial score (nSPS) is 32.1. The molecule has 2 heterocycles. The zero-order valence-electron chi connectivity index (χ0n) is 11.4. The van der Waals surface area contributed by atoms with Crippen LogP contribution in [0.15, 0.2) is 0 Å². The van der Waals surface area contributed by atoms with Gasteiger partial charge in [0.05, 0.1) is 17.4 Å². The van der Waals surface area contributed by atoms with Gasteiger partial charge in [-0.05, 0) is 18.9 Å². The van der Waals surface area contributed by atoms with Gasteiger partial charge in [0.2, 0.25) is 5.91 Å². The molecule has 8 heteroatoms. The van der Waals surface area contributed by atoms with Crippen molar-refractivity contribution in [1.82, 2.24) is 10.2 Å². The minimum atomic E-state index is -3.15. The second kappa shape index (κ2) is 5.69. The number of carbonyl (C=O) groups excluding carboxylic acids is 1. The average molecular weight is 304 g/mol. The molecular weight excluding hydrogens is 284 g/mol. The van der Waals surface area contributed by atoms with E-state index in [-0.39, 0.29) is 29.2 Å². The molecule has 3 atom stereocenters. The summed E-state index contributed by atoms with van der Waals surface area (Å²) in [7, 11) is -3.15. The molecule has 20 heavy (non-hydrogen) atoms. The zero-order valence-corrected chi connectivity index (χ0v) is 12.2. The molecule has 0 aromatic heterocycles. The number of carboxylic acid groups (broad SMARTS) is 1. The number of carboxylic acids is 1. The van der Waals surface area contributed by atoms with E-state index >= 15 is 0 Å². The Balaban J connectivity index is 2.15. The Kier molecular flexibility index (Phi) is 4.33. The topological polar surface area (TPSA) is 104 Å². The number of sulfone groups is 1. The summed E-state index contributed by atoms with van der Waals surface area (Å²) in [6.07, 6.45) is 0.329. The van der Waals surface area contributed by atoms with Crippen LogP contribution in [0.1, 0.15) is 13.3 Å². The molecule has 1 amide bonds. The number of aliphatic carboxylic acids is 1. The third-order valence-electron chi connectivity index (χ3n) is 4.07. The zero-order chi connectivity index (χ0) is 14.9. The van der Waals surface area contributed by atoms with Gasteiger partial charge in [0.25, 0.3) is 0 Å². The SMILES string of the molecule is C[C@@H]1CNC[C@H]1C(=O)N(CC(=O)O)C1CCS(=O)(=O)C1. The fourth-order valence-electron chi connectivity index (χ4n) is 2.91. The minimum Gasteiger partial charge on any atom is -0.480 e. The van der Waals surface area contributed by atoms with Crippen LogP contribution < -0.4 is 5.32 Å². The van der Waals surface area contributed by atoms with Crippen molar-refractivity contribution in [2.45, 2.75) is 19.4 Å². The van der Waals surface area contributed by atoms with Gasteiger partial charge in [0, 0.05) is 12.6 Å². The molecule has 114 valence electrons. The highest BCUT2D eigenvalue weighted by Crippen LogP contribution is 2.24. The summed E-state index contributed by atoms with van der Waals surface area (Å²) in [4.78, 5) is 24.7. The molecule has 0 bridgehead atoms. The van der Waals surface area contributed by atoms with E-state index in [1.54, 1.807) is 0 Å². The van der Waals surface area contributed by atoms with E-state index in [2.05, 4.69) is 5.32 Å². The standard InChI is InChI=1S/C12H20N2O5S/c1-8-4-13-5-10(8)12(17)14(6-11(15)16)9-2-3-20(18,19)7-9/h8-10,13H,2-7H2,1H3,(H,15,16)/t8-,9?,10-/m1/s1. The second-order valence-corrected chi connectivity index (χ2v) is 7.89. The van der Waals surface area contributed by atoms with E-state index in [4.69, 9.17) is 5.11 Å². The van der Waals surface area contributed by atoms with Gasteiger partial charge >= 0.3 is 5.97 Å². The summed E-state index contributed by atoms with van der Waals surface area (Å²) < 4.78 is 23.1. The molecule has 2 saturated heterocycles. The molecule has 2 fully saturated rings. The summed E-state index contributed by atoms with van der Waals surface area (Å²) in [5.74, 6) is -1.58. The lowest BCUT2D eigenvalue weighted by Gasteiger charge is -2.30. The van der Waals surface area contributed by atoms with Crippen molar-refractivity contribution in [3.63, 3.8) is 0 Å². The van der Waals surface area contributed by atoms with E-state index in [9.17, 15) is 18.0 Å². The van der Waals surface area contributed by atoms with Crippen LogP contribution in [0, 0.1) is 11.8 Å². The Morgan fingerprint density at radius 3 is 2.50 bits per heavy atom. The number of carbonyl (C=O) groups is 2. The number of hydrogen-bond acceptors (Lipinski definition) is 5. The van der Waals surface area contributed by atoms with Gasteiger partial charge in [-0.3, -0.25) is 9.59 Å². The van der Waals surface area contributed by atoms with Gasteiger partial charge in [-0.25, -0.2) is 8.42 Å². The molecule has 0 radical (unpaired) electrons.